The van der Waals surface area contributed by atoms with E-state index in [2.05, 4.69) is 4.98 Å². The molecule has 0 spiro atoms. The Balaban J connectivity index is 3.16. The van der Waals surface area contributed by atoms with Crippen LogP contribution < -0.4 is 0 Å². The summed E-state index contributed by atoms with van der Waals surface area (Å²) < 4.78 is 40.0. The summed E-state index contributed by atoms with van der Waals surface area (Å²) >= 11 is 0. The van der Waals surface area contributed by atoms with Crippen molar-refractivity contribution in [3.05, 3.63) is 24.1 Å². The van der Waals surface area contributed by atoms with E-state index in [1.807, 2.05) is 20.8 Å². The maximum Gasteiger partial charge on any atom is 0.263 e. The molecule has 0 aromatic carbocycles. The van der Waals surface area contributed by atoms with Crippen LogP contribution in [0, 0.1) is 5.82 Å². The second-order valence-electron chi connectivity index (χ2n) is 4.52. The van der Waals surface area contributed by atoms with Gasteiger partial charge in [-0.05, 0) is 31.9 Å². The Kier molecular flexibility index (Phi) is 5.87. The van der Waals surface area contributed by atoms with Crippen LogP contribution in [0.4, 0.5) is 4.39 Å². The van der Waals surface area contributed by atoms with Gasteiger partial charge in [-0.15, -0.1) is 0 Å². The van der Waals surface area contributed by atoms with Gasteiger partial charge >= 0.3 is 0 Å². The molecular weight excluding hydrogens is 267 g/mol. The third kappa shape index (κ3) is 3.73. The summed E-state index contributed by atoms with van der Waals surface area (Å²) in [4.78, 5) is 3.69. The Morgan fingerprint density at radius 1 is 1.42 bits per heavy atom. The lowest BCUT2D eigenvalue weighted by atomic mass is 10.2. The van der Waals surface area contributed by atoms with E-state index in [-0.39, 0.29) is 6.04 Å². The van der Waals surface area contributed by atoms with Gasteiger partial charge in [-0.2, -0.15) is 4.31 Å². The Morgan fingerprint density at radius 2 is 2.11 bits per heavy atom. The summed E-state index contributed by atoms with van der Waals surface area (Å²) in [5, 5.41) is -0.480. The molecule has 1 aromatic heterocycles. The Bertz CT molecular complexity index is 505. The third-order valence-corrected chi connectivity index (χ3v) is 5.04. The molecule has 0 fully saturated rings. The first kappa shape index (κ1) is 16.0. The first-order valence-electron chi connectivity index (χ1n) is 6.57. The van der Waals surface area contributed by atoms with Crippen LogP contribution in [0.5, 0.6) is 0 Å². The highest BCUT2D eigenvalue weighted by Gasteiger charge is 2.31. The Morgan fingerprint density at radius 3 is 2.63 bits per heavy atom. The van der Waals surface area contributed by atoms with Crippen LogP contribution in [0.15, 0.2) is 23.4 Å². The van der Waals surface area contributed by atoms with Gasteiger partial charge in [0, 0.05) is 18.8 Å². The van der Waals surface area contributed by atoms with Gasteiger partial charge < -0.3 is 0 Å². The van der Waals surface area contributed by atoms with E-state index in [1.54, 1.807) is 0 Å². The largest absolute Gasteiger partial charge is 0.263 e. The van der Waals surface area contributed by atoms with Crippen molar-refractivity contribution in [1.29, 1.82) is 0 Å². The second kappa shape index (κ2) is 6.96. The normalized spacial score (nSPS) is 13.7. The number of nitrogens with zero attached hydrogens (tertiary/aromatic N) is 2. The molecule has 0 radical (unpaired) electrons. The molecule has 0 aliphatic rings. The van der Waals surface area contributed by atoms with E-state index in [9.17, 15) is 12.8 Å². The summed E-state index contributed by atoms with van der Waals surface area (Å²) in [7, 11) is -3.87. The molecule has 0 saturated heterocycles. The summed E-state index contributed by atoms with van der Waals surface area (Å²) in [6.07, 6.45) is 3.60. The zero-order valence-corrected chi connectivity index (χ0v) is 12.5. The summed E-state index contributed by atoms with van der Waals surface area (Å²) in [5.74, 6) is -0.799. The predicted molar refractivity (Wildman–Crippen MR) is 72.7 cm³/mol. The van der Waals surface area contributed by atoms with Crippen LogP contribution in [0.2, 0.25) is 0 Å². The number of sulfonamides is 1. The van der Waals surface area contributed by atoms with Crippen LogP contribution in [0.25, 0.3) is 0 Å². The van der Waals surface area contributed by atoms with E-state index >= 15 is 0 Å². The number of hydrogen-bond donors (Lipinski definition) is 0. The third-order valence-electron chi connectivity index (χ3n) is 3.09. The lowest BCUT2D eigenvalue weighted by molar-refractivity contribution is 0.321. The maximum absolute atomic E-state index is 13.7. The fraction of sp³-hybridized carbons (Fsp3) is 0.615. The Labute approximate surface area is 114 Å². The molecule has 1 unspecified atom stereocenters. The summed E-state index contributed by atoms with van der Waals surface area (Å²) in [6, 6.07) is 2.33. The lowest BCUT2D eigenvalue weighted by Gasteiger charge is -2.27. The van der Waals surface area contributed by atoms with Crippen molar-refractivity contribution in [2.45, 2.75) is 51.1 Å². The van der Waals surface area contributed by atoms with Crippen molar-refractivity contribution in [1.82, 2.24) is 9.29 Å². The second-order valence-corrected chi connectivity index (χ2v) is 6.32. The molecule has 4 nitrogen and oxygen atoms in total. The lowest BCUT2D eigenvalue weighted by Crippen LogP contribution is -2.39. The minimum Gasteiger partial charge on any atom is -0.241 e. The molecule has 0 amide bonds. The van der Waals surface area contributed by atoms with Gasteiger partial charge in [-0.25, -0.2) is 17.8 Å². The van der Waals surface area contributed by atoms with Crippen molar-refractivity contribution < 1.29 is 12.8 Å². The zero-order valence-electron chi connectivity index (χ0n) is 11.6. The van der Waals surface area contributed by atoms with Gasteiger partial charge in [-0.3, -0.25) is 0 Å². The number of pyridine rings is 1. The fourth-order valence-corrected chi connectivity index (χ4v) is 3.49. The highest BCUT2D eigenvalue weighted by Crippen LogP contribution is 2.20. The predicted octanol–water partition coefficient (Wildman–Crippen LogP) is 2.81. The molecule has 0 saturated carbocycles. The van der Waals surface area contributed by atoms with Crippen molar-refractivity contribution in [3.8, 4) is 0 Å². The average molecular weight is 288 g/mol. The first-order chi connectivity index (χ1) is 8.95. The molecule has 19 heavy (non-hydrogen) atoms. The number of rotatable bonds is 7. The van der Waals surface area contributed by atoms with Crippen molar-refractivity contribution in [2.24, 2.45) is 0 Å². The van der Waals surface area contributed by atoms with Gasteiger partial charge in [0.2, 0.25) is 5.03 Å². The standard InChI is InChI=1S/C13H21FN2O2S/c1-4-6-10-16(11(3)5-2)19(17,18)13-12(14)8-7-9-15-13/h7-9,11H,4-6,10H2,1-3H3. The summed E-state index contributed by atoms with van der Waals surface area (Å²) in [6.45, 7) is 6.12. The fourth-order valence-electron chi connectivity index (χ4n) is 1.77. The van der Waals surface area contributed by atoms with Crippen molar-refractivity contribution in [3.63, 3.8) is 0 Å². The maximum atomic E-state index is 13.7. The first-order valence-corrected chi connectivity index (χ1v) is 8.01. The van der Waals surface area contributed by atoms with Crippen LogP contribution >= 0.6 is 0 Å². The number of hydrogen-bond acceptors (Lipinski definition) is 3. The molecule has 1 rings (SSSR count). The molecule has 0 aliphatic carbocycles. The highest BCUT2D eigenvalue weighted by atomic mass is 32.2. The average Bonchev–Trinajstić information content (AvgIpc) is 2.38. The van der Waals surface area contributed by atoms with Crippen molar-refractivity contribution in [2.75, 3.05) is 6.54 Å². The molecule has 6 heteroatoms. The number of halogens is 1. The van der Waals surface area contributed by atoms with E-state index in [1.165, 1.54) is 16.6 Å². The van der Waals surface area contributed by atoms with Crippen LogP contribution in [0.1, 0.15) is 40.0 Å². The van der Waals surface area contributed by atoms with Gasteiger partial charge in [0.15, 0.2) is 5.82 Å². The topological polar surface area (TPSA) is 50.3 Å². The highest BCUT2D eigenvalue weighted by molar-refractivity contribution is 7.89. The molecule has 1 atom stereocenters. The molecule has 0 bridgehead atoms. The van der Waals surface area contributed by atoms with Gasteiger partial charge in [0.05, 0.1) is 0 Å². The molecule has 0 N–H and O–H groups in total. The minimum absolute atomic E-state index is 0.169. The van der Waals surface area contributed by atoms with Crippen LogP contribution in [-0.4, -0.2) is 30.3 Å². The molecule has 1 aromatic rings. The van der Waals surface area contributed by atoms with Gasteiger partial charge in [0.25, 0.3) is 10.0 Å². The smallest absolute Gasteiger partial charge is 0.241 e. The van der Waals surface area contributed by atoms with Crippen LogP contribution in [-0.2, 0) is 10.0 Å². The number of aromatic nitrogens is 1. The number of unbranched alkanes of at least 4 members (excludes halogenated alkanes) is 1. The quantitative estimate of drug-likeness (QED) is 0.775. The molecular formula is C13H21FN2O2S. The van der Waals surface area contributed by atoms with E-state index in [0.29, 0.717) is 13.0 Å². The zero-order chi connectivity index (χ0) is 14.5. The SMILES string of the molecule is CCCCN(C(C)CC)S(=O)(=O)c1ncccc1F. The molecule has 108 valence electrons. The minimum atomic E-state index is -3.87. The van der Waals surface area contributed by atoms with E-state index in [4.69, 9.17) is 0 Å². The Hall–Kier alpha value is -1.01. The van der Waals surface area contributed by atoms with E-state index in [0.717, 1.165) is 18.9 Å². The van der Waals surface area contributed by atoms with Gasteiger partial charge in [-0.1, -0.05) is 20.3 Å². The van der Waals surface area contributed by atoms with Gasteiger partial charge in [0.1, 0.15) is 0 Å². The monoisotopic (exact) mass is 288 g/mol. The van der Waals surface area contributed by atoms with E-state index < -0.39 is 20.9 Å². The van der Waals surface area contributed by atoms with Crippen molar-refractivity contribution >= 4 is 10.0 Å². The summed E-state index contributed by atoms with van der Waals surface area (Å²) in [5.41, 5.74) is 0. The molecule has 1 heterocycles. The molecule has 0 aliphatic heterocycles. The van der Waals surface area contributed by atoms with Crippen LogP contribution in [0.3, 0.4) is 0 Å².